The van der Waals surface area contributed by atoms with Crippen LogP contribution >= 0.6 is 11.3 Å². The smallest absolute Gasteiger partial charge is 0.349 e. The molecule has 0 aliphatic rings. The summed E-state index contributed by atoms with van der Waals surface area (Å²) in [5.74, 6) is -0.909. The number of carbonyl (C=O) groups excluding carboxylic acids is 2. The first-order valence-corrected chi connectivity index (χ1v) is 10.9. The van der Waals surface area contributed by atoms with Gasteiger partial charge in [-0.3, -0.25) is 4.79 Å². The molecule has 1 amide bonds. The van der Waals surface area contributed by atoms with Gasteiger partial charge in [0.2, 0.25) is 10.0 Å². The van der Waals surface area contributed by atoms with Crippen LogP contribution in [0.2, 0.25) is 0 Å². The van der Waals surface area contributed by atoms with Gasteiger partial charge in [-0.05, 0) is 37.6 Å². The van der Waals surface area contributed by atoms with Crippen molar-refractivity contribution in [3.63, 3.8) is 0 Å². The largest absolute Gasteiger partial charge is 0.448 e. The van der Waals surface area contributed by atoms with Gasteiger partial charge >= 0.3 is 5.97 Å². The van der Waals surface area contributed by atoms with Crippen molar-refractivity contribution in [1.82, 2.24) is 4.72 Å². The number of sulfonamides is 1. The van der Waals surface area contributed by atoms with Crippen molar-refractivity contribution in [1.29, 1.82) is 0 Å². The van der Waals surface area contributed by atoms with Crippen molar-refractivity contribution in [3.05, 3.63) is 52.2 Å². The summed E-state index contributed by atoms with van der Waals surface area (Å²) in [4.78, 5) is 27.4. The highest BCUT2D eigenvalue weighted by atomic mass is 32.2. The van der Waals surface area contributed by atoms with Gasteiger partial charge in [0.05, 0.1) is 6.26 Å². The molecule has 0 saturated heterocycles. The molecule has 0 radical (unpaired) electrons. The molecule has 0 aliphatic heterocycles. The van der Waals surface area contributed by atoms with Crippen LogP contribution in [-0.4, -0.2) is 46.2 Å². The number of amides is 1. The monoisotopic (exact) mass is 410 g/mol. The molecular formula is C18H22N2O5S2. The fourth-order valence-electron chi connectivity index (χ4n) is 2.30. The number of rotatable bonds is 8. The van der Waals surface area contributed by atoms with E-state index >= 15 is 0 Å². The lowest BCUT2D eigenvalue weighted by Gasteiger charge is -2.21. The average molecular weight is 411 g/mol. The Morgan fingerprint density at radius 1 is 1.19 bits per heavy atom. The number of nitrogens with one attached hydrogen (secondary N) is 1. The van der Waals surface area contributed by atoms with Gasteiger partial charge in [0, 0.05) is 24.2 Å². The zero-order valence-electron chi connectivity index (χ0n) is 15.3. The number of thiophene rings is 1. The van der Waals surface area contributed by atoms with Gasteiger partial charge in [0.1, 0.15) is 4.88 Å². The predicted molar refractivity (Wildman–Crippen MR) is 106 cm³/mol. The molecule has 27 heavy (non-hydrogen) atoms. The minimum atomic E-state index is -3.24. The number of carbonyl (C=O) groups is 2. The first-order valence-electron chi connectivity index (χ1n) is 8.24. The molecule has 0 fully saturated rings. The van der Waals surface area contributed by atoms with E-state index in [-0.39, 0.29) is 12.5 Å². The number of anilines is 1. The summed E-state index contributed by atoms with van der Waals surface area (Å²) in [6.07, 6.45) is 0.630. The van der Waals surface area contributed by atoms with Crippen LogP contribution < -0.4 is 9.62 Å². The van der Waals surface area contributed by atoms with Crippen LogP contribution in [0.1, 0.15) is 21.5 Å². The summed E-state index contributed by atoms with van der Waals surface area (Å²) in [5.41, 5.74) is 0.710. The highest BCUT2D eigenvalue weighted by molar-refractivity contribution is 7.88. The van der Waals surface area contributed by atoms with E-state index in [4.69, 9.17) is 4.74 Å². The normalized spacial score (nSPS) is 12.4. The third kappa shape index (κ3) is 6.46. The van der Waals surface area contributed by atoms with Crippen LogP contribution in [0.3, 0.4) is 0 Å². The number of hydrogen-bond acceptors (Lipinski definition) is 6. The molecule has 146 valence electrons. The van der Waals surface area contributed by atoms with E-state index in [1.165, 1.54) is 23.2 Å². The summed E-state index contributed by atoms with van der Waals surface area (Å²) in [7, 11) is -1.61. The molecule has 7 nitrogen and oxygen atoms in total. The van der Waals surface area contributed by atoms with Gasteiger partial charge in [-0.15, -0.1) is 11.3 Å². The van der Waals surface area contributed by atoms with Crippen molar-refractivity contribution >= 4 is 38.9 Å². The fraction of sp³-hybridized carbons (Fsp3) is 0.333. The second kappa shape index (κ2) is 9.12. The molecule has 1 atom stereocenters. The van der Waals surface area contributed by atoms with Gasteiger partial charge in [-0.25, -0.2) is 17.9 Å². The maximum absolute atomic E-state index is 12.4. The standard InChI is InChI=1S/C18H22N2O5S2/c1-13(17(21)20(2)14-7-5-4-6-8-14)25-18(22)16-10-9-15(26-16)11-12-19-27(3,23)24/h4-10,13,19H,11-12H2,1-3H3. The van der Waals surface area contributed by atoms with Crippen molar-refractivity contribution in [2.24, 2.45) is 0 Å². The highest BCUT2D eigenvalue weighted by Gasteiger charge is 2.23. The van der Waals surface area contributed by atoms with Gasteiger partial charge in [0.25, 0.3) is 5.91 Å². The summed E-state index contributed by atoms with van der Waals surface area (Å²) >= 11 is 1.22. The molecule has 2 rings (SSSR count). The van der Waals surface area contributed by atoms with Gasteiger partial charge in [-0.2, -0.15) is 0 Å². The Bertz CT molecular complexity index is 893. The molecule has 9 heteroatoms. The first-order chi connectivity index (χ1) is 12.7. The maximum Gasteiger partial charge on any atom is 0.349 e. The second-order valence-corrected chi connectivity index (χ2v) is 8.96. The van der Waals surface area contributed by atoms with E-state index in [9.17, 15) is 18.0 Å². The number of ether oxygens (including phenoxy) is 1. The SMILES string of the molecule is CC(OC(=O)c1ccc(CCNS(C)(=O)=O)s1)C(=O)N(C)c1ccccc1. The van der Waals surface area contributed by atoms with E-state index in [0.717, 1.165) is 11.1 Å². The van der Waals surface area contributed by atoms with Crippen LogP contribution in [0.25, 0.3) is 0 Å². The van der Waals surface area contributed by atoms with Crippen molar-refractivity contribution in [2.45, 2.75) is 19.4 Å². The molecule has 1 N–H and O–H groups in total. The fourth-order valence-corrected chi connectivity index (χ4v) is 3.67. The summed E-state index contributed by atoms with van der Waals surface area (Å²) in [6, 6.07) is 12.4. The lowest BCUT2D eigenvalue weighted by Crippen LogP contribution is -2.37. The Hall–Kier alpha value is -2.23. The van der Waals surface area contributed by atoms with E-state index in [1.54, 1.807) is 31.3 Å². The summed E-state index contributed by atoms with van der Waals surface area (Å²) < 4.78 is 29.8. The zero-order chi connectivity index (χ0) is 20.0. The Kier molecular flexibility index (Phi) is 7.11. The Balaban J connectivity index is 1.91. The topological polar surface area (TPSA) is 92.8 Å². The second-order valence-electron chi connectivity index (χ2n) is 5.96. The number of nitrogens with zero attached hydrogens (tertiary/aromatic N) is 1. The van der Waals surface area contributed by atoms with Crippen molar-refractivity contribution in [2.75, 3.05) is 24.7 Å². The van der Waals surface area contributed by atoms with Gasteiger partial charge in [0.15, 0.2) is 6.10 Å². The summed E-state index contributed by atoms with van der Waals surface area (Å²) in [5, 5.41) is 0. The molecule has 1 heterocycles. The van der Waals surface area contributed by atoms with Crippen LogP contribution in [0.4, 0.5) is 5.69 Å². The zero-order valence-corrected chi connectivity index (χ0v) is 17.0. The van der Waals surface area contributed by atoms with Crippen LogP contribution in [0.15, 0.2) is 42.5 Å². The molecule has 0 saturated carbocycles. The minimum absolute atomic E-state index is 0.255. The van der Waals surface area contributed by atoms with Crippen molar-refractivity contribution < 1.29 is 22.7 Å². The molecule has 0 aliphatic carbocycles. The Labute approximate surface area is 163 Å². The number of hydrogen-bond donors (Lipinski definition) is 1. The number of benzene rings is 1. The number of likely N-dealkylation sites (N-methyl/N-ethyl adjacent to an activating group) is 1. The van der Waals surface area contributed by atoms with Crippen LogP contribution in [-0.2, 0) is 26.0 Å². The molecular weight excluding hydrogens is 388 g/mol. The highest BCUT2D eigenvalue weighted by Crippen LogP contribution is 2.19. The molecule has 1 aromatic heterocycles. The quantitative estimate of drug-likeness (QED) is 0.673. The summed E-state index contributed by atoms with van der Waals surface area (Å²) in [6.45, 7) is 1.79. The van der Waals surface area contributed by atoms with Crippen LogP contribution in [0, 0.1) is 0 Å². The third-order valence-corrected chi connectivity index (χ3v) is 5.56. The Morgan fingerprint density at radius 2 is 1.85 bits per heavy atom. The number of esters is 1. The lowest BCUT2D eigenvalue weighted by molar-refractivity contribution is -0.126. The molecule has 0 bridgehead atoms. The van der Waals surface area contributed by atoms with Crippen molar-refractivity contribution in [3.8, 4) is 0 Å². The minimum Gasteiger partial charge on any atom is -0.448 e. The lowest BCUT2D eigenvalue weighted by atomic mass is 10.2. The maximum atomic E-state index is 12.4. The predicted octanol–water partition coefficient (Wildman–Crippen LogP) is 2.05. The average Bonchev–Trinajstić information content (AvgIpc) is 3.09. The van der Waals surface area contributed by atoms with E-state index in [1.807, 2.05) is 18.2 Å². The molecule has 0 spiro atoms. The van der Waals surface area contributed by atoms with E-state index in [2.05, 4.69) is 4.72 Å². The van der Waals surface area contributed by atoms with Crippen LogP contribution in [0.5, 0.6) is 0 Å². The van der Waals surface area contributed by atoms with Gasteiger partial charge < -0.3 is 9.64 Å². The number of para-hydroxylation sites is 1. The molecule has 1 unspecified atom stereocenters. The Morgan fingerprint density at radius 3 is 2.48 bits per heavy atom. The molecule has 1 aromatic carbocycles. The van der Waals surface area contributed by atoms with Gasteiger partial charge in [-0.1, -0.05) is 18.2 Å². The first kappa shape index (κ1) is 21.1. The van der Waals surface area contributed by atoms with E-state index in [0.29, 0.717) is 17.0 Å². The molecule has 2 aromatic rings. The third-order valence-electron chi connectivity index (χ3n) is 3.70. The van der Waals surface area contributed by atoms with E-state index < -0.39 is 22.1 Å².